The molecule has 1 rings (SSSR count). The summed E-state index contributed by atoms with van der Waals surface area (Å²) in [5, 5.41) is 0. The Hall–Kier alpha value is -1.53. The molecule has 1 aromatic carbocycles. The van der Waals surface area contributed by atoms with Crippen LogP contribution in [0.25, 0.3) is 0 Å². The van der Waals surface area contributed by atoms with Crippen LogP contribution < -0.4 is 4.74 Å². The average Bonchev–Trinajstić information content (AvgIpc) is 2.24. The molecule has 0 fully saturated rings. The van der Waals surface area contributed by atoms with Gasteiger partial charge in [0.15, 0.2) is 0 Å². The fourth-order valence-electron chi connectivity index (χ4n) is 1.59. The average molecular weight is 288 g/mol. The van der Waals surface area contributed by atoms with Crippen LogP contribution in [0.15, 0.2) is 18.2 Å². The molecule has 0 aliphatic rings. The summed E-state index contributed by atoms with van der Waals surface area (Å²) in [6, 6.07) is 5.87. The number of hydrogen-bond donors (Lipinski definition) is 0. The van der Waals surface area contributed by atoms with E-state index in [0.29, 0.717) is 5.75 Å². The fourth-order valence-corrected chi connectivity index (χ4v) is 2.10. The minimum atomic E-state index is -1.47. The Morgan fingerprint density at radius 3 is 2.25 bits per heavy atom. The molecule has 2 nitrogen and oxygen atoms in total. The molecule has 0 unspecified atom stereocenters. The van der Waals surface area contributed by atoms with Crippen LogP contribution >= 0.6 is 0 Å². The van der Waals surface area contributed by atoms with E-state index in [4.69, 9.17) is 4.74 Å². The number of benzene rings is 1. The van der Waals surface area contributed by atoms with Gasteiger partial charge in [-0.2, -0.15) is 0 Å². The van der Waals surface area contributed by atoms with E-state index >= 15 is 0 Å². The molecule has 0 aliphatic carbocycles. The first-order valence-electron chi connectivity index (χ1n) is 6.85. The predicted octanol–water partition coefficient (Wildman–Crippen LogP) is 4.14. The smallest absolute Gasteiger partial charge is 0.308 e. The lowest BCUT2D eigenvalue weighted by Gasteiger charge is -2.20. The number of carbonyl (C=O) groups excluding carboxylic acids is 1. The summed E-state index contributed by atoms with van der Waals surface area (Å²) in [6.07, 6.45) is 0. The Kier molecular flexibility index (Phi) is 4.83. The number of carbonyl (C=O) groups is 1. The van der Waals surface area contributed by atoms with Gasteiger partial charge in [-0.3, -0.25) is 4.79 Å². The lowest BCUT2D eigenvalue weighted by atomic mass is 9.86. The predicted molar refractivity (Wildman–Crippen MR) is 86.7 cm³/mol. The van der Waals surface area contributed by atoms with Gasteiger partial charge in [-0.15, -0.1) is 5.54 Å². The molecule has 0 saturated heterocycles. The molecule has 0 atom stereocenters. The molecule has 108 valence electrons. The SMILES string of the molecule is CC(=O)Oc1ccc(C(C)(C)C)cc1C#C[Si](C)(C)C. The van der Waals surface area contributed by atoms with Crippen molar-refractivity contribution in [1.82, 2.24) is 0 Å². The van der Waals surface area contributed by atoms with Gasteiger partial charge >= 0.3 is 5.97 Å². The van der Waals surface area contributed by atoms with E-state index in [-0.39, 0.29) is 11.4 Å². The summed E-state index contributed by atoms with van der Waals surface area (Å²) in [4.78, 5) is 11.2. The van der Waals surface area contributed by atoms with Crippen molar-refractivity contribution >= 4 is 14.0 Å². The molecule has 0 amide bonds. The normalized spacial score (nSPS) is 11.6. The van der Waals surface area contributed by atoms with Gasteiger partial charge in [-0.05, 0) is 23.1 Å². The highest BCUT2D eigenvalue weighted by Gasteiger charge is 2.16. The minimum Gasteiger partial charge on any atom is -0.425 e. The maximum absolute atomic E-state index is 11.2. The van der Waals surface area contributed by atoms with Crippen LogP contribution in [0, 0.1) is 11.5 Å². The van der Waals surface area contributed by atoms with E-state index in [0.717, 1.165) is 5.56 Å². The Morgan fingerprint density at radius 1 is 1.20 bits per heavy atom. The molecule has 0 radical (unpaired) electrons. The Morgan fingerprint density at radius 2 is 1.80 bits per heavy atom. The molecular formula is C17H24O2Si. The van der Waals surface area contributed by atoms with Crippen LogP contribution in [-0.4, -0.2) is 14.0 Å². The van der Waals surface area contributed by atoms with Crippen LogP contribution in [-0.2, 0) is 10.2 Å². The zero-order valence-electron chi connectivity index (χ0n) is 13.5. The van der Waals surface area contributed by atoms with Gasteiger partial charge in [-0.25, -0.2) is 0 Å². The van der Waals surface area contributed by atoms with Crippen molar-refractivity contribution in [3.63, 3.8) is 0 Å². The molecule has 0 bridgehead atoms. The summed E-state index contributed by atoms with van der Waals surface area (Å²) in [5.74, 6) is 3.44. The van der Waals surface area contributed by atoms with Crippen molar-refractivity contribution in [3.05, 3.63) is 29.3 Å². The first-order chi connectivity index (χ1) is 8.99. The van der Waals surface area contributed by atoms with E-state index in [9.17, 15) is 4.79 Å². The Bertz CT molecular complexity index is 563. The van der Waals surface area contributed by atoms with Crippen LogP contribution in [0.2, 0.25) is 19.6 Å². The zero-order chi connectivity index (χ0) is 15.6. The molecule has 0 aliphatic heterocycles. The van der Waals surface area contributed by atoms with Crippen molar-refractivity contribution < 1.29 is 9.53 Å². The summed E-state index contributed by atoms with van der Waals surface area (Å²) in [6.45, 7) is 14.5. The van der Waals surface area contributed by atoms with E-state index in [1.165, 1.54) is 12.5 Å². The maximum atomic E-state index is 11.2. The standard InChI is InChI=1S/C17H24O2Si/c1-13(18)19-16-9-8-15(17(2,3)4)12-14(16)10-11-20(5,6)7/h8-9,12H,1-7H3. The fraction of sp³-hybridized carbons (Fsp3) is 0.471. The summed E-state index contributed by atoms with van der Waals surface area (Å²) < 4.78 is 5.25. The third kappa shape index (κ3) is 5.22. The van der Waals surface area contributed by atoms with E-state index in [1.807, 2.05) is 18.2 Å². The topological polar surface area (TPSA) is 26.3 Å². The molecule has 0 heterocycles. The van der Waals surface area contributed by atoms with Crippen molar-refractivity contribution in [1.29, 1.82) is 0 Å². The van der Waals surface area contributed by atoms with Gasteiger partial charge < -0.3 is 4.74 Å². The molecular weight excluding hydrogens is 264 g/mol. The third-order valence-electron chi connectivity index (χ3n) is 2.67. The third-order valence-corrected chi connectivity index (χ3v) is 3.55. The van der Waals surface area contributed by atoms with Gasteiger partial charge in [0.05, 0.1) is 5.56 Å². The molecule has 1 aromatic rings. The van der Waals surface area contributed by atoms with Crippen LogP contribution in [0.4, 0.5) is 0 Å². The highest BCUT2D eigenvalue weighted by Crippen LogP contribution is 2.27. The molecule has 0 N–H and O–H groups in total. The second-order valence-electron chi connectivity index (χ2n) is 7.05. The van der Waals surface area contributed by atoms with Crippen molar-refractivity contribution in [3.8, 4) is 17.2 Å². The first-order valence-corrected chi connectivity index (χ1v) is 10.4. The van der Waals surface area contributed by atoms with Gasteiger partial charge in [-0.1, -0.05) is 52.4 Å². The maximum Gasteiger partial charge on any atom is 0.308 e. The molecule has 0 aromatic heterocycles. The summed E-state index contributed by atoms with van der Waals surface area (Å²) in [5.41, 5.74) is 5.36. The number of hydrogen-bond acceptors (Lipinski definition) is 2. The highest BCUT2D eigenvalue weighted by atomic mass is 28.3. The second kappa shape index (κ2) is 5.84. The van der Waals surface area contributed by atoms with Gasteiger partial charge in [0.25, 0.3) is 0 Å². The monoisotopic (exact) mass is 288 g/mol. The zero-order valence-corrected chi connectivity index (χ0v) is 14.5. The van der Waals surface area contributed by atoms with Crippen molar-refractivity contribution in [2.24, 2.45) is 0 Å². The summed E-state index contributed by atoms with van der Waals surface area (Å²) in [7, 11) is -1.47. The highest BCUT2D eigenvalue weighted by molar-refractivity contribution is 6.83. The molecule has 0 saturated carbocycles. The van der Waals surface area contributed by atoms with Gasteiger partial charge in [0.2, 0.25) is 0 Å². The number of esters is 1. The number of rotatable bonds is 1. The Balaban J connectivity index is 3.32. The van der Waals surface area contributed by atoms with E-state index in [1.54, 1.807) is 0 Å². The van der Waals surface area contributed by atoms with Crippen LogP contribution in [0.3, 0.4) is 0 Å². The van der Waals surface area contributed by atoms with Gasteiger partial charge in [0.1, 0.15) is 13.8 Å². The molecule has 3 heteroatoms. The lowest BCUT2D eigenvalue weighted by molar-refractivity contribution is -0.131. The number of ether oxygens (including phenoxy) is 1. The van der Waals surface area contributed by atoms with E-state index in [2.05, 4.69) is 51.9 Å². The lowest BCUT2D eigenvalue weighted by Crippen LogP contribution is -2.16. The first kappa shape index (κ1) is 16.5. The summed E-state index contributed by atoms with van der Waals surface area (Å²) >= 11 is 0. The quantitative estimate of drug-likeness (QED) is 0.336. The van der Waals surface area contributed by atoms with Crippen LogP contribution in [0.1, 0.15) is 38.8 Å². The van der Waals surface area contributed by atoms with Crippen molar-refractivity contribution in [2.75, 3.05) is 0 Å². The largest absolute Gasteiger partial charge is 0.425 e. The Labute approximate surface area is 123 Å². The minimum absolute atomic E-state index is 0.0460. The molecule has 0 spiro atoms. The van der Waals surface area contributed by atoms with Gasteiger partial charge in [0, 0.05) is 6.92 Å². The van der Waals surface area contributed by atoms with E-state index < -0.39 is 8.07 Å². The molecule has 20 heavy (non-hydrogen) atoms. The second-order valence-corrected chi connectivity index (χ2v) is 11.8. The van der Waals surface area contributed by atoms with Crippen molar-refractivity contribution in [2.45, 2.75) is 52.8 Å². The van der Waals surface area contributed by atoms with Crippen LogP contribution in [0.5, 0.6) is 5.75 Å².